The van der Waals surface area contributed by atoms with Crippen molar-refractivity contribution in [2.75, 3.05) is 0 Å². The van der Waals surface area contributed by atoms with Crippen LogP contribution in [0.15, 0.2) is 46.3 Å². The molecule has 4 heteroatoms. The van der Waals surface area contributed by atoms with Gasteiger partial charge in [0.1, 0.15) is 5.37 Å². The summed E-state index contributed by atoms with van der Waals surface area (Å²) in [4.78, 5) is 5.55. The molecule has 0 saturated carbocycles. The van der Waals surface area contributed by atoms with E-state index in [4.69, 9.17) is 10.5 Å². The molecule has 1 aliphatic rings. The Bertz CT molecular complexity index is 561. The summed E-state index contributed by atoms with van der Waals surface area (Å²) in [6, 6.07) is 13.8. The van der Waals surface area contributed by atoms with Crippen molar-refractivity contribution in [2.24, 2.45) is 10.9 Å². The topological polar surface area (TPSA) is 59.9 Å². The highest BCUT2D eigenvalue weighted by Crippen LogP contribution is 2.37. The molecule has 0 aliphatic carbocycles. The zero-order chi connectivity index (χ0) is 13.0. The van der Waals surface area contributed by atoms with Crippen LogP contribution in [0.25, 0.3) is 0 Å². The normalized spacial score (nSPS) is 20.6. The first-order chi connectivity index (χ1) is 8.80. The number of hydrogen-bond acceptors (Lipinski definition) is 4. The molecule has 1 aromatic rings. The van der Waals surface area contributed by atoms with E-state index in [9.17, 15) is 0 Å². The van der Waals surface area contributed by atoms with Crippen LogP contribution < -0.4 is 0 Å². The summed E-state index contributed by atoms with van der Waals surface area (Å²) >= 11 is 1.48. The van der Waals surface area contributed by atoms with Gasteiger partial charge < -0.3 is 0 Å². The maximum absolute atomic E-state index is 8.93. The molecule has 18 heavy (non-hydrogen) atoms. The van der Waals surface area contributed by atoms with Crippen molar-refractivity contribution in [3.8, 4) is 12.1 Å². The first kappa shape index (κ1) is 12.4. The van der Waals surface area contributed by atoms with Crippen LogP contribution in [0.5, 0.6) is 0 Å². The van der Waals surface area contributed by atoms with Crippen molar-refractivity contribution < 1.29 is 0 Å². The molecule has 1 heterocycles. The SMILES string of the molecule is C/C=C1\SC(C(C#N)C#N)N=C1c1ccccc1. The van der Waals surface area contributed by atoms with Gasteiger partial charge in [-0.05, 0) is 6.92 Å². The summed E-state index contributed by atoms with van der Waals surface area (Å²) in [6.45, 7) is 1.94. The maximum Gasteiger partial charge on any atom is 0.165 e. The van der Waals surface area contributed by atoms with Crippen molar-refractivity contribution in [1.82, 2.24) is 0 Å². The molecule has 0 fully saturated rings. The van der Waals surface area contributed by atoms with E-state index in [1.54, 1.807) is 0 Å². The Labute approximate surface area is 110 Å². The molecule has 0 bridgehead atoms. The fourth-order valence-corrected chi connectivity index (χ4v) is 2.81. The van der Waals surface area contributed by atoms with Crippen molar-refractivity contribution >= 4 is 17.5 Å². The van der Waals surface area contributed by atoms with Crippen LogP contribution in [0.1, 0.15) is 12.5 Å². The molecule has 1 aromatic carbocycles. The largest absolute Gasteiger partial charge is 0.267 e. The zero-order valence-electron chi connectivity index (χ0n) is 9.87. The molecule has 0 aromatic heterocycles. The van der Waals surface area contributed by atoms with Crippen LogP contribution >= 0.6 is 11.8 Å². The third kappa shape index (κ3) is 2.30. The molecule has 0 N–H and O–H groups in total. The zero-order valence-corrected chi connectivity index (χ0v) is 10.7. The van der Waals surface area contributed by atoms with Crippen LogP contribution in [-0.2, 0) is 0 Å². The lowest BCUT2D eigenvalue weighted by Crippen LogP contribution is -2.08. The van der Waals surface area contributed by atoms with Gasteiger partial charge in [0.05, 0.1) is 17.9 Å². The molecule has 0 radical (unpaired) electrons. The average molecular weight is 253 g/mol. The van der Waals surface area contributed by atoms with Gasteiger partial charge in [-0.15, -0.1) is 0 Å². The highest BCUT2D eigenvalue weighted by molar-refractivity contribution is 8.05. The first-order valence-electron chi connectivity index (χ1n) is 5.56. The Morgan fingerprint density at radius 3 is 2.50 bits per heavy atom. The fourth-order valence-electron chi connectivity index (χ4n) is 1.72. The van der Waals surface area contributed by atoms with Crippen molar-refractivity contribution in [1.29, 1.82) is 10.5 Å². The standard InChI is InChI=1S/C14H11N3S/c1-2-12-13(10-6-4-3-5-7-10)17-14(18-12)11(8-15)9-16/h2-7,11,14H,1H3/b12-2-. The third-order valence-corrected chi connectivity index (χ3v) is 3.91. The van der Waals surface area contributed by atoms with Gasteiger partial charge in [0, 0.05) is 10.5 Å². The van der Waals surface area contributed by atoms with E-state index < -0.39 is 5.92 Å². The van der Waals surface area contributed by atoms with Gasteiger partial charge >= 0.3 is 0 Å². The van der Waals surface area contributed by atoms with Crippen LogP contribution in [0.4, 0.5) is 0 Å². The minimum Gasteiger partial charge on any atom is -0.267 e. The molecule has 0 saturated heterocycles. The number of allylic oxidation sites excluding steroid dienone is 2. The van der Waals surface area contributed by atoms with Gasteiger partial charge in [0.25, 0.3) is 0 Å². The van der Waals surface area contributed by atoms with Gasteiger partial charge in [-0.3, -0.25) is 4.99 Å². The van der Waals surface area contributed by atoms with Crippen molar-refractivity contribution in [3.05, 3.63) is 46.9 Å². The summed E-state index contributed by atoms with van der Waals surface area (Å²) < 4.78 is 0. The lowest BCUT2D eigenvalue weighted by atomic mass is 10.1. The minimum absolute atomic E-state index is 0.318. The van der Waals surface area contributed by atoms with E-state index in [2.05, 4.69) is 4.99 Å². The molecular weight excluding hydrogens is 242 g/mol. The lowest BCUT2D eigenvalue weighted by Gasteiger charge is -2.03. The van der Waals surface area contributed by atoms with Gasteiger partial charge in [-0.25, -0.2) is 0 Å². The number of hydrogen-bond donors (Lipinski definition) is 0. The quantitative estimate of drug-likeness (QED) is 0.813. The number of benzene rings is 1. The second-order valence-electron chi connectivity index (χ2n) is 3.74. The number of nitriles is 2. The Morgan fingerprint density at radius 2 is 1.94 bits per heavy atom. The number of rotatable bonds is 2. The molecule has 1 aliphatic heterocycles. The number of thioether (sulfide) groups is 1. The predicted molar refractivity (Wildman–Crippen MR) is 72.8 cm³/mol. The summed E-state index contributed by atoms with van der Waals surface area (Å²) in [7, 11) is 0. The Kier molecular flexibility index (Phi) is 3.82. The summed E-state index contributed by atoms with van der Waals surface area (Å²) in [5.41, 5.74) is 1.90. The first-order valence-corrected chi connectivity index (χ1v) is 6.44. The minimum atomic E-state index is -0.703. The highest BCUT2D eigenvalue weighted by atomic mass is 32.2. The Hall–Kier alpha value is -2.04. The van der Waals surface area contributed by atoms with Crippen molar-refractivity contribution in [3.63, 3.8) is 0 Å². The smallest absolute Gasteiger partial charge is 0.165 e. The number of aliphatic imine (C=N–C) groups is 1. The van der Waals surface area contributed by atoms with Crippen LogP contribution in [0, 0.1) is 28.6 Å². The maximum atomic E-state index is 8.93. The van der Waals surface area contributed by atoms with E-state index in [-0.39, 0.29) is 5.37 Å². The van der Waals surface area contributed by atoms with Gasteiger partial charge in [0.2, 0.25) is 0 Å². The van der Waals surface area contributed by atoms with Crippen LogP contribution in [-0.4, -0.2) is 11.1 Å². The highest BCUT2D eigenvalue weighted by Gasteiger charge is 2.30. The second kappa shape index (κ2) is 5.53. The second-order valence-corrected chi connectivity index (χ2v) is 4.90. The molecule has 88 valence electrons. The fraction of sp³-hybridized carbons (Fsp3) is 0.214. The molecule has 2 rings (SSSR count). The van der Waals surface area contributed by atoms with Crippen molar-refractivity contribution in [2.45, 2.75) is 12.3 Å². The van der Waals surface area contributed by atoms with E-state index in [0.29, 0.717) is 0 Å². The van der Waals surface area contributed by atoms with E-state index in [0.717, 1.165) is 16.2 Å². The molecule has 1 atom stereocenters. The molecule has 0 amide bonds. The summed E-state index contributed by atoms with van der Waals surface area (Å²) in [5, 5.41) is 17.5. The molecule has 0 spiro atoms. The summed E-state index contributed by atoms with van der Waals surface area (Å²) in [6.07, 6.45) is 1.97. The van der Waals surface area contributed by atoms with E-state index in [1.165, 1.54) is 11.8 Å². The lowest BCUT2D eigenvalue weighted by molar-refractivity contribution is 0.802. The molecule has 1 unspecified atom stereocenters. The van der Waals surface area contributed by atoms with Gasteiger partial charge in [0.15, 0.2) is 5.92 Å². The van der Waals surface area contributed by atoms with E-state index in [1.807, 2.05) is 55.5 Å². The average Bonchev–Trinajstić information content (AvgIpc) is 2.85. The Balaban J connectivity index is 2.37. The number of nitrogens with zero attached hydrogens (tertiary/aromatic N) is 3. The van der Waals surface area contributed by atoms with Crippen LogP contribution in [0.3, 0.4) is 0 Å². The molecule has 3 nitrogen and oxygen atoms in total. The third-order valence-electron chi connectivity index (χ3n) is 2.61. The van der Waals surface area contributed by atoms with Gasteiger partial charge in [-0.1, -0.05) is 48.2 Å². The predicted octanol–water partition coefficient (Wildman–Crippen LogP) is 3.12. The monoisotopic (exact) mass is 253 g/mol. The Morgan fingerprint density at radius 1 is 1.28 bits per heavy atom. The summed E-state index contributed by atoms with van der Waals surface area (Å²) in [5.74, 6) is -0.703. The van der Waals surface area contributed by atoms with Crippen LogP contribution in [0.2, 0.25) is 0 Å². The van der Waals surface area contributed by atoms with Gasteiger partial charge in [-0.2, -0.15) is 10.5 Å². The van der Waals surface area contributed by atoms with E-state index >= 15 is 0 Å². The molecular formula is C14H11N3S.